The van der Waals surface area contributed by atoms with Crippen LogP contribution in [0.25, 0.3) is 0 Å². The Morgan fingerprint density at radius 2 is 1.97 bits per heavy atom. The molecule has 3 aliphatic rings. The predicted molar refractivity (Wildman–Crippen MR) is 138 cm³/mol. The summed E-state index contributed by atoms with van der Waals surface area (Å²) in [6.07, 6.45) is 4.31. The lowest BCUT2D eigenvalue weighted by Crippen LogP contribution is -2.47. The zero-order valence-electron chi connectivity index (χ0n) is 21.6. The number of nitrogens with one attached hydrogen (secondary N) is 1. The molecule has 8 heteroatoms. The Kier molecular flexibility index (Phi) is 5.71. The van der Waals surface area contributed by atoms with Crippen molar-refractivity contribution in [3.8, 4) is 0 Å². The van der Waals surface area contributed by atoms with E-state index in [-0.39, 0.29) is 29.0 Å². The molecule has 3 aromatic rings. The van der Waals surface area contributed by atoms with Crippen molar-refractivity contribution in [3.63, 3.8) is 0 Å². The molecule has 194 valence electrons. The third-order valence-corrected chi connectivity index (χ3v) is 8.79. The number of amides is 1. The molecule has 0 spiro atoms. The highest BCUT2D eigenvalue weighted by Gasteiger charge is 2.48. The van der Waals surface area contributed by atoms with Gasteiger partial charge >= 0.3 is 0 Å². The Morgan fingerprint density at radius 1 is 1.19 bits per heavy atom. The summed E-state index contributed by atoms with van der Waals surface area (Å²) < 4.78 is 30.3. The molecular weight excluding hydrogens is 472 g/mol. The van der Waals surface area contributed by atoms with E-state index in [2.05, 4.69) is 35.4 Å². The highest BCUT2D eigenvalue weighted by atomic mass is 19.3. The molecule has 6 rings (SSSR count). The molecule has 1 aliphatic heterocycles. The van der Waals surface area contributed by atoms with Crippen molar-refractivity contribution in [2.75, 3.05) is 4.90 Å². The first-order valence-corrected chi connectivity index (χ1v) is 13.1. The number of anilines is 1. The summed E-state index contributed by atoms with van der Waals surface area (Å²) in [7, 11) is 1.95. The molecule has 2 fully saturated rings. The second-order valence-electron chi connectivity index (χ2n) is 11.6. The first-order chi connectivity index (χ1) is 17.7. The summed E-state index contributed by atoms with van der Waals surface area (Å²) in [6, 6.07) is 11.3. The summed E-state index contributed by atoms with van der Waals surface area (Å²) in [4.78, 5) is 15.2. The van der Waals surface area contributed by atoms with Gasteiger partial charge in [0.1, 0.15) is 12.2 Å². The van der Waals surface area contributed by atoms with Gasteiger partial charge in [0, 0.05) is 35.9 Å². The SMILES string of the molecule is CC1CC(c2cccc(N3Cc4c(cc(CNC5(C)CCC5)cc4C(F)F)C3=O)c2)(c2nncn2C)C1. The van der Waals surface area contributed by atoms with Crippen molar-refractivity contribution in [1.29, 1.82) is 0 Å². The van der Waals surface area contributed by atoms with Crippen molar-refractivity contribution >= 4 is 11.6 Å². The Bertz CT molecular complexity index is 1360. The van der Waals surface area contributed by atoms with E-state index >= 15 is 0 Å². The van der Waals surface area contributed by atoms with E-state index in [4.69, 9.17) is 0 Å². The van der Waals surface area contributed by atoms with Crippen LogP contribution in [-0.2, 0) is 25.6 Å². The quantitative estimate of drug-likeness (QED) is 0.450. The fraction of sp³-hybridized carbons (Fsp3) is 0.483. The highest BCUT2D eigenvalue weighted by molar-refractivity contribution is 6.10. The summed E-state index contributed by atoms with van der Waals surface area (Å²) in [6.45, 7) is 5.01. The standard InChI is InChI=1S/C29H33F2N5O/c1-18-13-29(14-18,27-34-33-17-35(27)3)20-6-4-7-21(12-20)36-16-24-22(25(30)31)10-19(11-23(24)26(36)37)15-32-28(2)8-5-9-28/h4,6-7,10-12,17-18,25,32H,5,8-9,13-16H2,1-3H3. The lowest BCUT2D eigenvalue weighted by Gasteiger charge is -2.46. The van der Waals surface area contributed by atoms with Crippen LogP contribution in [-0.4, -0.2) is 26.2 Å². The van der Waals surface area contributed by atoms with Crippen LogP contribution < -0.4 is 10.2 Å². The first-order valence-electron chi connectivity index (χ1n) is 13.1. The third-order valence-electron chi connectivity index (χ3n) is 8.79. The molecule has 0 saturated heterocycles. The van der Waals surface area contributed by atoms with E-state index in [1.54, 1.807) is 23.4 Å². The molecule has 2 aliphatic carbocycles. The normalized spacial score (nSPS) is 24.2. The maximum Gasteiger partial charge on any atom is 0.264 e. The van der Waals surface area contributed by atoms with Crippen LogP contribution >= 0.6 is 0 Å². The van der Waals surface area contributed by atoms with Crippen molar-refractivity contribution in [2.24, 2.45) is 13.0 Å². The van der Waals surface area contributed by atoms with Gasteiger partial charge in [0.2, 0.25) is 0 Å². The molecular formula is C29H33F2N5O. The summed E-state index contributed by atoms with van der Waals surface area (Å²) in [5.74, 6) is 1.25. The molecule has 2 saturated carbocycles. The number of rotatable bonds is 7. The number of nitrogens with zero attached hydrogens (tertiary/aromatic N) is 4. The minimum Gasteiger partial charge on any atom is -0.320 e. The minimum atomic E-state index is -2.64. The van der Waals surface area contributed by atoms with E-state index in [0.717, 1.165) is 48.3 Å². The molecule has 1 aromatic heterocycles. The third kappa shape index (κ3) is 3.97. The average Bonchev–Trinajstić information content (AvgIpc) is 3.42. The second-order valence-corrected chi connectivity index (χ2v) is 11.6. The van der Waals surface area contributed by atoms with Crippen LogP contribution in [0.2, 0.25) is 0 Å². The van der Waals surface area contributed by atoms with Gasteiger partial charge in [-0.3, -0.25) is 4.79 Å². The molecule has 1 N–H and O–H groups in total. The fourth-order valence-electron chi connectivity index (χ4n) is 6.57. The van der Waals surface area contributed by atoms with Gasteiger partial charge in [-0.15, -0.1) is 10.2 Å². The molecule has 37 heavy (non-hydrogen) atoms. The van der Waals surface area contributed by atoms with Crippen LogP contribution in [0.4, 0.5) is 14.5 Å². The molecule has 0 bridgehead atoms. The number of alkyl halides is 2. The van der Waals surface area contributed by atoms with E-state index < -0.39 is 6.43 Å². The van der Waals surface area contributed by atoms with E-state index in [0.29, 0.717) is 23.6 Å². The zero-order chi connectivity index (χ0) is 25.9. The smallest absolute Gasteiger partial charge is 0.264 e. The van der Waals surface area contributed by atoms with Gasteiger partial charge < -0.3 is 14.8 Å². The Hall–Kier alpha value is -3.13. The monoisotopic (exact) mass is 505 g/mol. The number of aryl methyl sites for hydroxylation is 1. The van der Waals surface area contributed by atoms with Gasteiger partial charge in [-0.05, 0) is 85.9 Å². The van der Waals surface area contributed by atoms with Crippen LogP contribution in [0, 0.1) is 5.92 Å². The van der Waals surface area contributed by atoms with Gasteiger partial charge in [-0.1, -0.05) is 19.1 Å². The lowest BCUT2D eigenvalue weighted by molar-refractivity contribution is 0.0996. The highest BCUT2D eigenvalue weighted by Crippen LogP contribution is 2.52. The van der Waals surface area contributed by atoms with E-state index in [1.807, 2.05) is 29.8 Å². The van der Waals surface area contributed by atoms with Crippen molar-refractivity contribution in [1.82, 2.24) is 20.1 Å². The van der Waals surface area contributed by atoms with Crippen LogP contribution in [0.15, 0.2) is 42.7 Å². The number of hydrogen-bond acceptors (Lipinski definition) is 4. The number of hydrogen-bond donors (Lipinski definition) is 1. The van der Waals surface area contributed by atoms with Crippen LogP contribution in [0.3, 0.4) is 0 Å². The average molecular weight is 506 g/mol. The minimum absolute atomic E-state index is 0.0385. The predicted octanol–water partition coefficient (Wildman–Crippen LogP) is 5.66. The zero-order valence-corrected chi connectivity index (χ0v) is 21.6. The molecule has 2 aromatic carbocycles. The maximum atomic E-state index is 14.2. The van der Waals surface area contributed by atoms with Gasteiger partial charge in [0.15, 0.2) is 0 Å². The maximum absolute atomic E-state index is 14.2. The topological polar surface area (TPSA) is 63.1 Å². The number of carbonyl (C=O) groups is 1. The number of halogens is 2. The molecule has 2 heterocycles. The molecule has 6 nitrogen and oxygen atoms in total. The summed E-state index contributed by atoms with van der Waals surface area (Å²) in [5.41, 5.74) is 3.11. The van der Waals surface area contributed by atoms with Gasteiger partial charge in [-0.2, -0.15) is 0 Å². The van der Waals surface area contributed by atoms with Gasteiger partial charge in [-0.25, -0.2) is 8.78 Å². The molecule has 1 amide bonds. The fourth-order valence-corrected chi connectivity index (χ4v) is 6.57. The van der Waals surface area contributed by atoms with Crippen molar-refractivity contribution in [3.05, 3.63) is 76.4 Å². The number of fused-ring (bicyclic) bond motifs is 1. The van der Waals surface area contributed by atoms with Crippen molar-refractivity contribution < 1.29 is 13.6 Å². The Morgan fingerprint density at radius 3 is 2.59 bits per heavy atom. The van der Waals surface area contributed by atoms with Gasteiger partial charge in [0.05, 0.1) is 12.0 Å². The summed E-state index contributed by atoms with van der Waals surface area (Å²) >= 11 is 0. The largest absolute Gasteiger partial charge is 0.320 e. The first kappa shape index (κ1) is 24.2. The molecule has 0 unspecified atom stereocenters. The molecule has 0 radical (unpaired) electrons. The van der Waals surface area contributed by atoms with E-state index in [1.165, 1.54) is 6.42 Å². The second kappa shape index (κ2) is 8.72. The number of aromatic nitrogens is 3. The van der Waals surface area contributed by atoms with Crippen molar-refractivity contribution in [2.45, 2.75) is 76.4 Å². The number of benzene rings is 2. The van der Waals surface area contributed by atoms with Gasteiger partial charge in [0.25, 0.3) is 12.3 Å². The molecule has 0 atom stereocenters. The van der Waals surface area contributed by atoms with Crippen LogP contribution in [0.1, 0.15) is 90.8 Å². The number of carbonyl (C=O) groups excluding carboxylic acids is 1. The Labute approximate surface area is 216 Å². The van der Waals surface area contributed by atoms with E-state index in [9.17, 15) is 13.6 Å². The van der Waals surface area contributed by atoms with Crippen LogP contribution in [0.5, 0.6) is 0 Å². The summed E-state index contributed by atoms with van der Waals surface area (Å²) in [5, 5.41) is 12.0. The lowest BCUT2D eigenvalue weighted by atomic mass is 9.58. The Balaban J connectivity index is 1.32.